The smallest absolute Gasteiger partial charge is 0.0650 e. The molecule has 0 aliphatic heterocycles. The SMILES string of the molecule is CC1(C)CCCC(NCc2ccc(-c3ccn[nH]3)cc2)C1. The number of nitrogens with zero attached hydrogens (tertiary/aromatic N) is 1. The van der Waals surface area contributed by atoms with E-state index >= 15 is 0 Å². The lowest BCUT2D eigenvalue weighted by molar-refractivity contribution is 0.198. The number of aromatic amines is 1. The molecule has 112 valence electrons. The van der Waals surface area contributed by atoms with Gasteiger partial charge in [-0.05, 0) is 41.9 Å². The zero-order valence-electron chi connectivity index (χ0n) is 13.0. The van der Waals surface area contributed by atoms with Crippen LogP contribution in [0.5, 0.6) is 0 Å². The summed E-state index contributed by atoms with van der Waals surface area (Å²) >= 11 is 0. The van der Waals surface area contributed by atoms with Gasteiger partial charge in [0.15, 0.2) is 0 Å². The van der Waals surface area contributed by atoms with Crippen molar-refractivity contribution in [3.05, 3.63) is 42.1 Å². The molecule has 1 heterocycles. The molecule has 1 unspecified atom stereocenters. The fourth-order valence-electron chi connectivity index (χ4n) is 3.35. The predicted octanol–water partition coefficient (Wildman–Crippen LogP) is 4.14. The average Bonchev–Trinajstić information content (AvgIpc) is 2.99. The summed E-state index contributed by atoms with van der Waals surface area (Å²) in [7, 11) is 0. The molecule has 1 aliphatic rings. The van der Waals surface area contributed by atoms with Crippen LogP contribution in [-0.2, 0) is 6.54 Å². The van der Waals surface area contributed by atoms with Gasteiger partial charge in [0.25, 0.3) is 0 Å². The summed E-state index contributed by atoms with van der Waals surface area (Å²) in [6, 6.07) is 11.4. The van der Waals surface area contributed by atoms with Gasteiger partial charge in [-0.25, -0.2) is 0 Å². The van der Waals surface area contributed by atoms with Gasteiger partial charge in [-0.15, -0.1) is 0 Å². The van der Waals surface area contributed by atoms with Crippen molar-refractivity contribution in [1.29, 1.82) is 0 Å². The zero-order chi connectivity index (χ0) is 14.7. The molecular formula is C18H25N3. The molecule has 1 fully saturated rings. The Hall–Kier alpha value is -1.61. The minimum atomic E-state index is 0.500. The molecule has 1 aromatic heterocycles. The molecule has 0 bridgehead atoms. The van der Waals surface area contributed by atoms with E-state index in [4.69, 9.17) is 0 Å². The van der Waals surface area contributed by atoms with E-state index in [1.54, 1.807) is 6.20 Å². The molecule has 21 heavy (non-hydrogen) atoms. The third-order valence-corrected chi connectivity index (χ3v) is 4.57. The van der Waals surface area contributed by atoms with E-state index in [-0.39, 0.29) is 0 Å². The summed E-state index contributed by atoms with van der Waals surface area (Å²) in [5.41, 5.74) is 4.11. The Morgan fingerprint density at radius 3 is 2.71 bits per heavy atom. The van der Waals surface area contributed by atoms with Crippen LogP contribution in [0, 0.1) is 5.41 Å². The third kappa shape index (κ3) is 3.73. The van der Waals surface area contributed by atoms with E-state index in [9.17, 15) is 0 Å². The van der Waals surface area contributed by atoms with Crippen molar-refractivity contribution in [2.75, 3.05) is 0 Å². The number of H-pyrrole nitrogens is 1. The lowest BCUT2D eigenvalue weighted by atomic mass is 9.75. The van der Waals surface area contributed by atoms with Gasteiger partial charge in [-0.3, -0.25) is 5.10 Å². The molecule has 3 rings (SSSR count). The summed E-state index contributed by atoms with van der Waals surface area (Å²) in [6.07, 6.45) is 7.11. The molecule has 1 saturated carbocycles. The maximum Gasteiger partial charge on any atom is 0.0650 e. The van der Waals surface area contributed by atoms with Crippen molar-refractivity contribution in [3.8, 4) is 11.3 Å². The van der Waals surface area contributed by atoms with E-state index in [1.807, 2.05) is 6.07 Å². The van der Waals surface area contributed by atoms with Crippen LogP contribution in [0.2, 0.25) is 0 Å². The summed E-state index contributed by atoms with van der Waals surface area (Å²) in [4.78, 5) is 0. The number of rotatable bonds is 4. The van der Waals surface area contributed by atoms with Gasteiger partial charge in [-0.2, -0.15) is 5.10 Å². The predicted molar refractivity (Wildman–Crippen MR) is 86.9 cm³/mol. The average molecular weight is 283 g/mol. The molecule has 1 atom stereocenters. The fourth-order valence-corrected chi connectivity index (χ4v) is 3.35. The van der Waals surface area contributed by atoms with E-state index in [0.29, 0.717) is 11.5 Å². The molecule has 1 aliphatic carbocycles. The summed E-state index contributed by atoms with van der Waals surface area (Å²) in [6.45, 7) is 5.74. The third-order valence-electron chi connectivity index (χ3n) is 4.57. The second-order valence-corrected chi connectivity index (χ2v) is 7.01. The van der Waals surface area contributed by atoms with Crippen molar-refractivity contribution in [1.82, 2.24) is 15.5 Å². The molecule has 0 saturated heterocycles. The first kappa shape index (κ1) is 14.3. The second-order valence-electron chi connectivity index (χ2n) is 7.01. The first-order chi connectivity index (χ1) is 10.1. The number of hydrogen-bond acceptors (Lipinski definition) is 2. The normalized spacial score (nSPS) is 21.3. The van der Waals surface area contributed by atoms with Crippen LogP contribution in [0.3, 0.4) is 0 Å². The molecule has 0 spiro atoms. The number of nitrogens with one attached hydrogen (secondary N) is 2. The molecule has 3 nitrogen and oxygen atoms in total. The molecule has 2 N–H and O–H groups in total. The fraction of sp³-hybridized carbons (Fsp3) is 0.500. The Bertz CT molecular complexity index is 555. The van der Waals surface area contributed by atoms with Crippen molar-refractivity contribution in [2.24, 2.45) is 5.41 Å². The Kier molecular flexibility index (Phi) is 4.11. The monoisotopic (exact) mass is 283 g/mol. The van der Waals surface area contributed by atoms with Crippen LogP contribution < -0.4 is 5.32 Å². The molecule has 0 amide bonds. The van der Waals surface area contributed by atoms with Crippen LogP contribution in [0.25, 0.3) is 11.3 Å². The highest BCUT2D eigenvalue weighted by molar-refractivity contribution is 5.58. The van der Waals surface area contributed by atoms with Crippen LogP contribution in [0.1, 0.15) is 45.1 Å². The van der Waals surface area contributed by atoms with Crippen molar-refractivity contribution in [2.45, 2.75) is 52.1 Å². The first-order valence-corrected chi connectivity index (χ1v) is 7.94. The number of aromatic nitrogens is 2. The number of hydrogen-bond donors (Lipinski definition) is 2. The molecule has 2 aromatic rings. The highest BCUT2D eigenvalue weighted by Gasteiger charge is 2.27. The van der Waals surface area contributed by atoms with Gasteiger partial charge < -0.3 is 5.32 Å². The molecule has 1 aromatic carbocycles. The highest BCUT2D eigenvalue weighted by Crippen LogP contribution is 2.35. The van der Waals surface area contributed by atoms with Gasteiger partial charge in [0.1, 0.15) is 0 Å². The van der Waals surface area contributed by atoms with Gasteiger partial charge >= 0.3 is 0 Å². The quantitative estimate of drug-likeness (QED) is 0.885. The van der Waals surface area contributed by atoms with E-state index < -0.39 is 0 Å². The molecule has 3 heteroatoms. The zero-order valence-corrected chi connectivity index (χ0v) is 13.0. The maximum atomic E-state index is 3.99. The Balaban J connectivity index is 1.56. The lowest BCUT2D eigenvalue weighted by Crippen LogP contribution is -2.36. The Morgan fingerprint density at radius 1 is 1.24 bits per heavy atom. The summed E-state index contributed by atoms with van der Waals surface area (Å²) in [5.74, 6) is 0. The minimum Gasteiger partial charge on any atom is -0.310 e. The summed E-state index contributed by atoms with van der Waals surface area (Å²) < 4.78 is 0. The van der Waals surface area contributed by atoms with Crippen LogP contribution in [0.4, 0.5) is 0 Å². The first-order valence-electron chi connectivity index (χ1n) is 7.94. The topological polar surface area (TPSA) is 40.7 Å². The van der Waals surface area contributed by atoms with Crippen molar-refractivity contribution in [3.63, 3.8) is 0 Å². The summed E-state index contributed by atoms with van der Waals surface area (Å²) in [5, 5.41) is 10.7. The maximum absolute atomic E-state index is 3.99. The van der Waals surface area contributed by atoms with E-state index in [0.717, 1.165) is 12.2 Å². The number of benzene rings is 1. The van der Waals surface area contributed by atoms with Crippen LogP contribution in [-0.4, -0.2) is 16.2 Å². The van der Waals surface area contributed by atoms with Crippen LogP contribution >= 0.6 is 0 Å². The molecule has 0 radical (unpaired) electrons. The minimum absolute atomic E-state index is 0.500. The van der Waals surface area contributed by atoms with Gasteiger partial charge in [-0.1, -0.05) is 44.5 Å². The second kappa shape index (κ2) is 6.02. The van der Waals surface area contributed by atoms with Crippen LogP contribution in [0.15, 0.2) is 36.5 Å². The van der Waals surface area contributed by atoms with Gasteiger partial charge in [0, 0.05) is 18.8 Å². The Labute approximate surface area is 127 Å². The van der Waals surface area contributed by atoms with E-state index in [2.05, 4.69) is 53.6 Å². The van der Waals surface area contributed by atoms with Gasteiger partial charge in [0.05, 0.1) is 5.69 Å². The van der Waals surface area contributed by atoms with Crippen molar-refractivity contribution < 1.29 is 0 Å². The van der Waals surface area contributed by atoms with E-state index in [1.165, 1.54) is 36.8 Å². The molecular weight excluding hydrogens is 258 g/mol. The highest BCUT2D eigenvalue weighted by atomic mass is 15.1. The lowest BCUT2D eigenvalue weighted by Gasteiger charge is -2.35. The largest absolute Gasteiger partial charge is 0.310 e. The Morgan fingerprint density at radius 2 is 2.05 bits per heavy atom. The van der Waals surface area contributed by atoms with Gasteiger partial charge in [0.2, 0.25) is 0 Å². The van der Waals surface area contributed by atoms with Crippen molar-refractivity contribution >= 4 is 0 Å². The standard InChI is InChI=1S/C18H25N3/c1-18(2)10-3-4-16(12-18)19-13-14-5-7-15(8-6-14)17-9-11-20-21-17/h5-9,11,16,19H,3-4,10,12-13H2,1-2H3,(H,20,21).